The summed E-state index contributed by atoms with van der Waals surface area (Å²) in [6, 6.07) is 5.81. The standard InChI is InChI=1S/C13H18BrFN2/c1-3-17(11-7-16-8-11)9(2)12-6-10(14)4-5-13(12)15/h4-6,9,11,16H,3,7-8H2,1-2H3. The number of likely N-dealkylation sites (N-methyl/N-ethyl adjacent to an activating group) is 1. The predicted octanol–water partition coefficient (Wildman–Crippen LogP) is 2.94. The molecule has 0 amide bonds. The summed E-state index contributed by atoms with van der Waals surface area (Å²) in [4.78, 5) is 2.35. The van der Waals surface area contributed by atoms with Crippen LogP contribution >= 0.6 is 15.9 Å². The lowest BCUT2D eigenvalue weighted by molar-refractivity contribution is 0.108. The van der Waals surface area contributed by atoms with Gasteiger partial charge in [-0.1, -0.05) is 22.9 Å². The Morgan fingerprint density at radius 2 is 2.24 bits per heavy atom. The highest BCUT2D eigenvalue weighted by atomic mass is 79.9. The molecule has 0 saturated carbocycles. The van der Waals surface area contributed by atoms with Gasteiger partial charge in [-0.15, -0.1) is 0 Å². The van der Waals surface area contributed by atoms with Gasteiger partial charge in [-0.3, -0.25) is 4.90 Å². The van der Waals surface area contributed by atoms with Crippen LogP contribution in [-0.4, -0.2) is 30.6 Å². The molecular weight excluding hydrogens is 283 g/mol. The van der Waals surface area contributed by atoms with Crippen LogP contribution in [0.25, 0.3) is 0 Å². The summed E-state index contributed by atoms with van der Waals surface area (Å²) in [7, 11) is 0. The largest absolute Gasteiger partial charge is 0.314 e. The SMILES string of the molecule is CCN(C1CNC1)C(C)c1cc(Br)ccc1F. The van der Waals surface area contributed by atoms with E-state index in [9.17, 15) is 4.39 Å². The zero-order valence-corrected chi connectivity index (χ0v) is 11.8. The molecule has 0 radical (unpaired) electrons. The van der Waals surface area contributed by atoms with Crippen molar-refractivity contribution in [2.75, 3.05) is 19.6 Å². The average Bonchev–Trinajstić information content (AvgIpc) is 2.25. The van der Waals surface area contributed by atoms with Crippen molar-refractivity contribution >= 4 is 15.9 Å². The lowest BCUT2D eigenvalue weighted by Crippen LogP contribution is -2.57. The molecule has 1 fully saturated rings. The van der Waals surface area contributed by atoms with E-state index in [1.54, 1.807) is 6.07 Å². The highest BCUT2D eigenvalue weighted by Crippen LogP contribution is 2.28. The van der Waals surface area contributed by atoms with Gasteiger partial charge in [0.1, 0.15) is 5.82 Å². The Labute approximate surface area is 110 Å². The highest BCUT2D eigenvalue weighted by molar-refractivity contribution is 9.10. The third-order valence-corrected chi connectivity index (χ3v) is 3.99. The summed E-state index contributed by atoms with van der Waals surface area (Å²) in [5, 5.41) is 3.26. The van der Waals surface area contributed by atoms with Crippen LogP contribution in [0, 0.1) is 5.82 Å². The molecular formula is C13H18BrFN2. The predicted molar refractivity (Wildman–Crippen MR) is 71.6 cm³/mol. The normalized spacial score (nSPS) is 18.2. The van der Waals surface area contributed by atoms with E-state index in [2.05, 4.69) is 40.0 Å². The molecule has 0 aliphatic carbocycles. The maximum absolute atomic E-state index is 13.8. The number of hydrogen-bond acceptors (Lipinski definition) is 2. The van der Waals surface area contributed by atoms with Gasteiger partial charge in [-0.25, -0.2) is 4.39 Å². The molecule has 0 aromatic heterocycles. The summed E-state index contributed by atoms with van der Waals surface area (Å²) >= 11 is 3.41. The molecule has 2 nitrogen and oxygen atoms in total. The second-order valence-corrected chi connectivity index (χ2v) is 5.40. The fraction of sp³-hybridized carbons (Fsp3) is 0.538. The monoisotopic (exact) mass is 300 g/mol. The molecule has 17 heavy (non-hydrogen) atoms. The highest BCUT2D eigenvalue weighted by Gasteiger charge is 2.28. The van der Waals surface area contributed by atoms with E-state index >= 15 is 0 Å². The molecule has 1 aromatic carbocycles. The molecule has 1 saturated heterocycles. The Hall–Kier alpha value is -0.450. The minimum atomic E-state index is -0.119. The van der Waals surface area contributed by atoms with E-state index in [1.165, 1.54) is 6.07 Å². The van der Waals surface area contributed by atoms with Gasteiger partial charge in [0.15, 0.2) is 0 Å². The van der Waals surface area contributed by atoms with Crippen molar-refractivity contribution in [1.82, 2.24) is 10.2 Å². The van der Waals surface area contributed by atoms with Gasteiger partial charge >= 0.3 is 0 Å². The average molecular weight is 301 g/mol. The zero-order chi connectivity index (χ0) is 12.4. The number of benzene rings is 1. The van der Waals surface area contributed by atoms with Crippen molar-refractivity contribution < 1.29 is 4.39 Å². The molecule has 1 aromatic rings. The van der Waals surface area contributed by atoms with Crippen LogP contribution in [0.15, 0.2) is 22.7 Å². The zero-order valence-electron chi connectivity index (χ0n) is 10.2. The molecule has 1 aliphatic rings. The van der Waals surface area contributed by atoms with E-state index in [4.69, 9.17) is 0 Å². The first-order valence-electron chi connectivity index (χ1n) is 6.05. The molecule has 2 rings (SSSR count). The van der Waals surface area contributed by atoms with Gasteiger partial charge in [0.2, 0.25) is 0 Å². The van der Waals surface area contributed by atoms with E-state index in [0.717, 1.165) is 29.7 Å². The molecule has 1 unspecified atom stereocenters. The van der Waals surface area contributed by atoms with Crippen LogP contribution in [-0.2, 0) is 0 Å². The topological polar surface area (TPSA) is 15.3 Å². The maximum atomic E-state index is 13.8. The van der Waals surface area contributed by atoms with Crippen molar-refractivity contribution in [3.63, 3.8) is 0 Å². The van der Waals surface area contributed by atoms with Gasteiger partial charge in [-0.05, 0) is 31.7 Å². The molecule has 4 heteroatoms. The minimum Gasteiger partial charge on any atom is -0.314 e. The Balaban J connectivity index is 2.21. The lowest BCUT2D eigenvalue weighted by Gasteiger charge is -2.41. The van der Waals surface area contributed by atoms with Gasteiger partial charge in [0, 0.05) is 35.2 Å². The van der Waals surface area contributed by atoms with E-state index < -0.39 is 0 Å². The van der Waals surface area contributed by atoms with Crippen molar-refractivity contribution in [2.24, 2.45) is 0 Å². The number of hydrogen-bond donors (Lipinski definition) is 1. The first-order valence-corrected chi connectivity index (χ1v) is 6.84. The fourth-order valence-corrected chi connectivity index (χ4v) is 2.75. The van der Waals surface area contributed by atoms with Gasteiger partial charge in [0.25, 0.3) is 0 Å². The Kier molecular flexibility index (Phi) is 4.17. The molecule has 1 aliphatic heterocycles. The smallest absolute Gasteiger partial charge is 0.128 e. The lowest BCUT2D eigenvalue weighted by atomic mass is 10.0. The molecule has 94 valence electrons. The van der Waals surface area contributed by atoms with Crippen LogP contribution in [0.5, 0.6) is 0 Å². The quantitative estimate of drug-likeness (QED) is 0.920. The van der Waals surface area contributed by atoms with Crippen LogP contribution in [0.2, 0.25) is 0 Å². The minimum absolute atomic E-state index is 0.115. The number of nitrogens with one attached hydrogen (secondary N) is 1. The van der Waals surface area contributed by atoms with Crippen LogP contribution in [0.1, 0.15) is 25.5 Å². The summed E-state index contributed by atoms with van der Waals surface area (Å²) in [6.45, 7) is 7.17. The van der Waals surface area contributed by atoms with Crippen molar-refractivity contribution in [3.8, 4) is 0 Å². The second kappa shape index (κ2) is 5.46. The summed E-state index contributed by atoms with van der Waals surface area (Å²) in [5.74, 6) is -0.119. The number of halogens is 2. The number of nitrogens with zero attached hydrogens (tertiary/aromatic N) is 1. The summed E-state index contributed by atoms with van der Waals surface area (Å²) in [6.07, 6.45) is 0. The summed E-state index contributed by atoms with van der Waals surface area (Å²) < 4.78 is 14.8. The van der Waals surface area contributed by atoms with Gasteiger partial charge in [-0.2, -0.15) is 0 Å². The second-order valence-electron chi connectivity index (χ2n) is 4.48. The first kappa shape index (κ1) is 13.0. The first-order chi connectivity index (χ1) is 8.13. The Morgan fingerprint density at radius 3 is 2.76 bits per heavy atom. The molecule has 1 atom stereocenters. The third kappa shape index (κ3) is 2.69. The number of rotatable bonds is 4. The van der Waals surface area contributed by atoms with Gasteiger partial charge < -0.3 is 5.32 Å². The molecule has 0 spiro atoms. The van der Waals surface area contributed by atoms with Gasteiger partial charge in [0.05, 0.1) is 0 Å². The van der Waals surface area contributed by atoms with Crippen LogP contribution < -0.4 is 5.32 Å². The maximum Gasteiger partial charge on any atom is 0.128 e. The van der Waals surface area contributed by atoms with Crippen LogP contribution in [0.3, 0.4) is 0 Å². The molecule has 0 bridgehead atoms. The van der Waals surface area contributed by atoms with E-state index in [-0.39, 0.29) is 11.9 Å². The Bertz CT molecular complexity index is 393. The summed E-state index contributed by atoms with van der Waals surface area (Å²) in [5.41, 5.74) is 0.771. The van der Waals surface area contributed by atoms with Crippen LogP contribution in [0.4, 0.5) is 4.39 Å². The fourth-order valence-electron chi connectivity index (χ4n) is 2.37. The van der Waals surface area contributed by atoms with Crippen molar-refractivity contribution in [1.29, 1.82) is 0 Å². The third-order valence-electron chi connectivity index (χ3n) is 3.50. The Morgan fingerprint density at radius 1 is 1.53 bits per heavy atom. The van der Waals surface area contributed by atoms with Crippen molar-refractivity contribution in [2.45, 2.75) is 25.9 Å². The molecule has 1 N–H and O–H groups in total. The van der Waals surface area contributed by atoms with E-state index in [0.29, 0.717) is 6.04 Å². The molecule has 1 heterocycles. The van der Waals surface area contributed by atoms with Crippen molar-refractivity contribution in [3.05, 3.63) is 34.1 Å². The van der Waals surface area contributed by atoms with E-state index in [1.807, 2.05) is 6.07 Å².